The van der Waals surface area contributed by atoms with Crippen molar-refractivity contribution in [2.24, 2.45) is 0 Å². The number of aromatic nitrogens is 5. The summed E-state index contributed by atoms with van der Waals surface area (Å²) in [5.41, 5.74) is 1.31. The number of thioether (sulfide) groups is 1. The van der Waals surface area contributed by atoms with Crippen LogP contribution in [-0.2, 0) is 11.3 Å². The Morgan fingerprint density at radius 1 is 1.17 bits per heavy atom. The molecule has 10 heteroatoms. The van der Waals surface area contributed by atoms with E-state index in [1.807, 2.05) is 41.0 Å². The molecule has 0 radical (unpaired) electrons. The monoisotopic (exact) mass is 470 g/mol. The van der Waals surface area contributed by atoms with Crippen molar-refractivity contribution in [3.05, 3.63) is 71.5 Å². The largest absolute Gasteiger partial charge is 0.467 e. The second kappa shape index (κ2) is 9.01. The zero-order valence-electron chi connectivity index (χ0n) is 15.0. The van der Waals surface area contributed by atoms with Gasteiger partial charge < -0.3 is 9.73 Å². The van der Waals surface area contributed by atoms with Crippen molar-refractivity contribution < 1.29 is 9.21 Å². The first-order valence-electron chi connectivity index (χ1n) is 8.60. The summed E-state index contributed by atoms with van der Waals surface area (Å²) in [6.07, 6.45) is 6.42. The molecule has 1 N–H and O–H groups in total. The van der Waals surface area contributed by atoms with E-state index in [2.05, 4.69) is 41.4 Å². The molecule has 0 unspecified atom stereocenters. The summed E-state index contributed by atoms with van der Waals surface area (Å²) in [6.45, 7) is 0.417. The second-order valence-electron chi connectivity index (χ2n) is 5.88. The normalized spacial score (nSPS) is 10.8. The number of anilines is 1. The highest BCUT2D eigenvalue weighted by molar-refractivity contribution is 9.10. The highest BCUT2D eigenvalue weighted by Gasteiger charge is 2.18. The summed E-state index contributed by atoms with van der Waals surface area (Å²) in [7, 11) is 0. The Morgan fingerprint density at radius 3 is 2.83 bits per heavy atom. The molecule has 0 spiro atoms. The number of halogens is 1. The van der Waals surface area contributed by atoms with Crippen LogP contribution in [0.1, 0.15) is 5.76 Å². The Hall–Kier alpha value is -2.98. The fraction of sp³-hybridized carbons (Fsp3) is 0.105. The number of benzene rings is 1. The molecule has 1 amide bonds. The number of furan rings is 1. The lowest BCUT2D eigenvalue weighted by Crippen LogP contribution is -2.15. The first kappa shape index (κ1) is 19.3. The van der Waals surface area contributed by atoms with E-state index in [1.165, 1.54) is 11.8 Å². The Kier molecular flexibility index (Phi) is 6.01. The predicted octanol–water partition coefficient (Wildman–Crippen LogP) is 3.87. The summed E-state index contributed by atoms with van der Waals surface area (Å²) in [5, 5.41) is 12.0. The number of hydrogen-bond donors (Lipinski definition) is 1. The zero-order valence-corrected chi connectivity index (χ0v) is 17.4. The molecule has 4 rings (SSSR count). The summed E-state index contributed by atoms with van der Waals surface area (Å²) in [4.78, 5) is 20.8. The third-order valence-electron chi connectivity index (χ3n) is 3.88. The molecule has 4 aromatic rings. The highest BCUT2D eigenvalue weighted by atomic mass is 79.9. The van der Waals surface area contributed by atoms with Gasteiger partial charge in [0, 0.05) is 16.9 Å². The second-order valence-corrected chi connectivity index (χ2v) is 7.68. The minimum absolute atomic E-state index is 0.143. The van der Waals surface area contributed by atoms with Crippen molar-refractivity contribution in [2.45, 2.75) is 11.7 Å². The standard InChI is InChI=1S/C19H15BrN6O2S/c20-14-5-1-2-6-15(14)23-17(27)12-29-19-25-24-18(16-10-21-7-8-22-16)26(19)11-13-4-3-9-28-13/h1-10H,11-12H2,(H,23,27). The predicted molar refractivity (Wildman–Crippen MR) is 112 cm³/mol. The van der Waals surface area contributed by atoms with Gasteiger partial charge in [-0.1, -0.05) is 23.9 Å². The topological polar surface area (TPSA) is 98.7 Å². The molecule has 0 aliphatic heterocycles. The third-order valence-corrected chi connectivity index (χ3v) is 5.54. The van der Waals surface area contributed by atoms with Crippen LogP contribution in [0.5, 0.6) is 0 Å². The van der Waals surface area contributed by atoms with Crippen molar-refractivity contribution in [3.63, 3.8) is 0 Å². The van der Waals surface area contributed by atoms with Gasteiger partial charge in [-0.2, -0.15) is 0 Å². The molecule has 0 aliphatic rings. The number of carbonyl (C=O) groups excluding carboxylic acids is 1. The molecule has 0 saturated heterocycles. The van der Waals surface area contributed by atoms with Crippen LogP contribution in [0, 0.1) is 0 Å². The number of hydrogen-bond acceptors (Lipinski definition) is 7. The van der Waals surface area contributed by atoms with Gasteiger partial charge in [0.2, 0.25) is 5.91 Å². The fourth-order valence-electron chi connectivity index (χ4n) is 2.58. The molecule has 146 valence electrons. The molecule has 1 aromatic carbocycles. The van der Waals surface area contributed by atoms with Crippen LogP contribution in [0.3, 0.4) is 0 Å². The van der Waals surface area contributed by atoms with E-state index in [0.717, 1.165) is 15.9 Å². The molecule has 0 aliphatic carbocycles. The number of nitrogens with one attached hydrogen (secondary N) is 1. The van der Waals surface area contributed by atoms with E-state index >= 15 is 0 Å². The van der Waals surface area contributed by atoms with Crippen LogP contribution in [0.15, 0.2) is 75.3 Å². The van der Waals surface area contributed by atoms with Crippen molar-refractivity contribution in [1.29, 1.82) is 0 Å². The maximum absolute atomic E-state index is 12.4. The number of rotatable bonds is 7. The first-order valence-corrected chi connectivity index (χ1v) is 10.4. The molecule has 0 saturated carbocycles. The van der Waals surface area contributed by atoms with E-state index in [9.17, 15) is 4.79 Å². The van der Waals surface area contributed by atoms with Gasteiger partial charge in [-0.15, -0.1) is 10.2 Å². The minimum Gasteiger partial charge on any atom is -0.467 e. The Morgan fingerprint density at radius 2 is 2.07 bits per heavy atom. The lowest BCUT2D eigenvalue weighted by Gasteiger charge is -2.09. The molecule has 29 heavy (non-hydrogen) atoms. The number of nitrogens with zero attached hydrogens (tertiary/aromatic N) is 5. The van der Waals surface area contributed by atoms with Crippen LogP contribution in [0.4, 0.5) is 5.69 Å². The Balaban J connectivity index is 1.53. The first-order chi connectivity index (χ1) is 14.2. The highest BCUT2D eigenvalue weighted by Crippen LogP contribution is 2.25. The molecule has 0 fully saturated rings. The van der Waals surface area contributed by atoms with E-state index in [0.29, 0.717) is 23.2 Å². The van der Waals surface area contributed by atoms with Gasteiger partial charge in [0.25, 0.3) is 0 Å². The Bertz CT molecular complexity index is 1100. The van der Waals surface area contributed by atoms with Crippen LogP contribution < -0.4 is 5.32 Å². The van der Waals surface area contributed by atoms with Gasteiger partial charge in [-0.3, -0.25) is 14.3 Å². The fourth-order valence-corrected chi connectivity index (χ4v) is 3.70. The quantitative estimate of drug-likeness (QED) is 0.409. The van der Waals surface area contributed by atoms with Crippen LogP contribution >= 0.6 is 27.7 Å². The molecular formula is C19H15BrN6O2S. The number of amides is 1. The summed E-state index contributed by atoms with van der Waals surface area (Å²) in [6, 6.07) is 11.1. The summed E-state index contributed by atoms with van der Waals surface area (Å²) in [5.74, 6) is 1.34. The molecular weight excluding hydrogens is 456 g/mol. The molecule has 8 nitrogen and oxygen atoms in total. The van der Waals surface area contributed by atoms with Gasteiger partial charge in [-0.05, 0) is 40.2 Å². The number of carbonyl (C=O) groups is 1. The van der Waals surface area contributed by atoms with E-state index in [4.69, 9.17) is 4.42 Å². The van der Waals surface area contributed by atoms with Gasteiger partial charge in [0.1, 0.15) is 11.5 Å². The third kappa shape index (κ3) is 4.72. The van der Waals surface area contributed by atoms with Crippen LogP contribution in [-0.4, -0.2) is 36.4 Å². The van der Waals surface area contributed by atoms with Gasteiger partial charge in [-0.25, -0.2) is 4.98 Å². The van der Waals surface area contributed by atoms with Gasteiger partial charge in [0.15, 0.2) is 11.0 Å². The minimum atomic E-state index is -0.143. The van der Waals surface area contributed by atoms with Gasteiger partial charge in [0.05, 0.1) is 30.4 Å². The summed E-state index contributed by atoms with van der Waals surface area (Å²) < 4.78 is 8.15. The van der Waals surface area contributed by atoms with Crippen molar-refractivity contribution in [3.8, 4) is 11.5 Å². The van der Waals surface area contributed by atoms with Crippen molar-refractivity contribution >= 4 is 39.3 Å². The average molecular weight is 471 g/mol. The lowest BCUT2D eigenvalue weighted by molar-refractivity contribution is -0.113. The molecule has 0 bridgehead atoms. The van der Waals surface area contributed by atoms with E-state index in [-0.39, 0.29) is 11.7 Å². The molecule has 3 heterocycles. The van der Waals surface area contributed by atoms with E-state index < -0.39 is 0 Å². The lowest BCUT2D eigenvalue weighted by atomic mass is 10.3. The van der Waals surface area contributed by atoms with Crippen LogP contribution in [0.2, 0.25) is 0 Å². The maximum Gasteiger partial charge on any atom is 0.234 e. The number of para-hydroxylation sites is 1. The zero-order chi connectivity index (χ0) is 20.1. The van der Waals surface area contributed by atoms with Gasteiger partial charge >= 0.3 is 0 Å². The Labute approximate surface area is 178 Å². The summed E-state index contributed by atoms with van der Waals surface area (Å²) >= 11 is 4.71. The van der Waals surface area contributed by atoms with Crippen molar-refractivity contribution in [1.82, 2.24) is 24.7 Å². The van der Waals surface area contributed by atoms with Crippen molar-refractivity contribution in [2.75, 3.05) is 11.1 Å². The molecule has 3 aromatic heterocycles. The SMILES string of the molecule is O=C(CSc1nnc(-c2cnccn2)n1Cc1ccco1)Nc1ccccc1Br. The smallest absolute Gasteiger partial charge is 0.234 e. The van der Waals surface area contributed by atoms with E-state index in [1.54, 1.807) is 24.9 Å². The van der Waals surface area contributed by atoms with Crippen LogP contribution in [0.25, 0.3) is 11.5 Å². The average Bonchev–Trinajstić information content (AvgIpc) is 3.39. The maximum atomic E-state index is 12.4. The molecule has 0 atom stereocenters.